The summed E-state index contributed by atoms with van der Waals surface area (Å²) in [5, 5.41) is 1.12. The largest absolute Gasteiger partial charge is 0.297 e. The zero-order valence-corrected chi connectivity index (χ0v) is 11.9. The predicted molar refractivity (Wildman–Crippen MR) is 71.7 cm³/mol. The molecular formula is C13H26BrN. The summed E-state index contributed by atoms with van der Waals surface area (Å²) < 4.78 is 0. The van der Waals surface area contributed by atoms with Crippen LogP contribution in [0.5, 0.6) is 0 Å². The Morgan fingerprint density at radius 2 is 1.93 bits per heavy atom. The fourth-order valence-corrected chi connectivity index (χ4v) is 3.27. The molecule has 2 heteroatoms. The minimum Gasteiger partial charge on any atom is -0.297 e. The molecule has 0 N–H and O–H groups in total. The first-order chi connectivity index (χ1) is 7.29. The smallest absolute Gasteiger partial charge is 0.0159 e. The molecule has 15 heavy (non-hydrogen) atoms. The van der Waals surface area contributed by atoms with Crippen molar-refractivity contribution in [3.05, 3.63) is 0 Å². The lowest BCUT2D eigenvalue weighted by Gasteiger charge is -2.38. The lowest BCUT2D eigenvalue weighted by Crippen LogP contribution is -2.43. The molecule has 0 aromatic carbocycles. The van der Waals surface area contributed by atoms with E-state index in [1.54, 1.807) is 0 Å². The molecule has 0 spiro atoms. The molecule has 1 atom stereocenters. The van der Waals surface area contributed by atoms with Crippen molar-refractivity contribution < 1.29 is 0 Å². The highest BCUT2D eigenvalue weighted by molar-refractivity contribution is 9.09. The summed E-state index contributed by atoms with van der Waals surface area (Å²) >= 11 is 3.59. The molecule has 0 aliphatic heterocycles. The van der Waals surface area contributed by atoms with Crippen LogP contribution in [0, 0.1) is 0 Å². The van der Waals surface area contributed by atoms with Gasteiger partial charge in [0.2, 0.25) is 0 Å². The second-order valence-electron chi connectivity index (χ2n) is 4.86. The van der Waals surface area contributed by atoms with Gasteiger partial charge in [-0.25, -0.2) is 0 Å². The summed E-state index contributed by atoms with van der Waals surface area (Å²) in [6, 6.07) is 1.65. The van der Waals surface area contributed by atoms with E-state index < -0.39 is 0 Å². The summed E-state index contributed by atoms with van der Waals surface area (Å²) in [4.78, 5) is 2.75. The molecule has 0 amide bonds. The van der Waals surface area contributed by atoms with Crippen molar-refractivity contribution in [2.45, 2.75) is 70.9 Å². The molecule has 1 fully saturated rings. The van der Waals surface area contributed by atoms with Crippen LogP contribution in [0.2, 0.25) is 0 Å². The summed E-state index contributed by atoms with van der Waals surface area (Å²) in [6.45, 7) is 5.93. The zero-order chi connectivity index (χ0) is 11.1. The van der Waals surface area contributed by atoms with Gasteiger partial charge >= 0.3 is 0 Å². The summed E-state index contributed by atoms with van der Waals surface area (Å²) in [7, 11) is 0. The molecule has 1 unspecified atom stereocenters. The van der Waals surface area contributed by atoms with Crippen LogP contribution < -0.4 is 0 Å². The van der Waals surface area contributed by atoms with Crippen LogP contribution in [0.4, 0.5) is 0 Å². The first-order valence-corrected chi connectivity index (χ1v) is 7.73. The number of nitrogens with zero attached hydrogens (tertiary/aromatic N) is 1. The standard InChI is InChI=1S/C13H26BrN/c1-3-7-12(2)15(11-10-14)13-8-5-4-6-9-13/h12-13H,3-11H2,1-2H3. The molecule has 1 saturated carbocycles. The fourth-order valence-electron chi connectivity index (χ4n) is 2.86. The monoisotopic (exact) mass is 275 g/mol. The van der Waals surface area contributed by atoms with Crippen LogP contribution in [-0.2, 0) is 0 Å². The van der Waals surface area contributed by atoms with Gasteiger partial charge in [-0.1, -0.05) is 48.5 Å². The minimum atomic E-state index is 0.774. The molecule has 0 aromatic rings. The number of halogens is 1. The molecule has 0 radical (unpaired) electrons. The highest BCUT2D eigenvalue weighted by atomic mass is 79.9. The van der Waals surface area contributed by atoms with Gasteiger partial charge in [0.1, 0.15) is 0 Å². The molecule has 90 valence electrons. The molecule has 1 aliphatic carbocycles. The van der Waals surface area contributed by atoms with E-state index in [0.717, 1.165) is 17.4 Å². The third kappa shape index (κ3) is 4.44. The van der Waals surface area contributed by atoms with E-state index >= 15 is 0 Å². The van der Waals surface area contributed by atoms with Crippen molar-refractivity contribution in [2.75, 3.05) is 11.9 Å². The molecule has 0 saturated heterocycles. The van der Waals surface area contributed by atoms with Crippen LogP contribution in [0.15, 0.2) is 0 Å². The lowest BCUT2D eigenvalue weighted by molar-refractivity contribution is 0.115. The topological polar surface area (TPSA) is 3.24 Å². The highest BCUT2D eigenvalue weighted by Gasteiger charge is 2.23. The van der Waals surface area contributed by atoms with E-state index in [1.165, 1.54) is 51.5 Å². The van der Waals surface area contributed by atoms with Crippen LogP contribution in [0.1, 0.15) is 58.8 Å². The Morgan fingerprint density at radius 3 is 2.47 bits per heavy atom. The summed E-state index contributed by atoms with van der Waals surface area (Å²) in [5.74, 6) is 0. The average Bonchev–Trinajstić information content (AvgIpc) is 2.27. The minimum absolute atomic E-state index is 0.774. The number of hydrogen-bond donors (Lipinski definition) is 0. The Morgan fingerprint density at radius 1 is 1.27 bits per heavy atom. The number of rotatable bonds is 6. The number of hydrogen-bond acceptors (Lipinski definition) is 1. The van der Waals surface area contributed by atoms with Crippen molar-refractivity contribution in [3.63, 3.8) is 0 Å². The van der Waals surface area contributed by atoms with Gasteiger partial charge in [0.05, 0.1) is 0 Å². The molecule has 0 heterocycles. The first kappa shape index (κ1) is 13.5. The second kappa shape index (κ2) is 7.67. The van der Waals surface area contributed by atoms with Gasteiger partial charge in [-0.2, -0.15) is 0 Å². The second-order valence-corrected chi connectivity index (χ2v) is 5.65. The quantitative estimate of drug-likeness (QED) is 0.657. The lowest BCUT2D eigenvalue weighted by atomic mass is 9.93. The maximum atomic E-state index is 3.59. The van der Waals surface area contributed by atoms with Gasteiger partial charge in [-0.05, 0) is 26.2 Å². The van der Waals surface area contributed by atoms with Gasteiger partial charge < -0.3 is 0 Å². The van der Waals surface area contributed by atoms with Gasteiger partial charge in [0.15, 0.2) is 0 Å². The fraction of sp³-hybridized carbons (Fsp3) is 1.00. The van der Waals surface area contributed by atoms with Crippen LogP contribution in [0.25, 0.3) is 0 Å². The average molecular weight is 276 g/mol. The van der Waals surface area contributed by atoms with E-state index in [-0.39, 0.29) is 0 Å². The molecule has 0 bridgehead atoms. The zero-order valence-electron chi connectivity index (χ0n) is 10.3. The van der Waals surface area contributed by atoms with Crippen molar-refractivity contribution in [3.8, 4) is 0 Å². The predicted octanol–water partition coefficient (Wildman–Crippen LogP) is 4.20. The Kier molecular flexibility index (Phi) is 6.91. The summed E-state index contributed by atoms with van der Waals surface area (Å²) in [6.07, 6.45) is 9.88. The van der Waals surface area contributed by atoms with Gasteiger partial charge in [-0.15, -0.1) is 0 Å². The normalized spacial score (nSPS) is 20.8. The maximum absolute atomic E-state index is 3.59. The maximum Gasteiger partial charge on any atom is 0.0159 e. The molecular weight excluding hydrogens is 250 g/mol. The van der Waals surface area contributed by atoms with E-state index in [9.17, 15) is 0 Å². The van der Waals surface area contributed by atoms with Crippen molar-refractivity contribution >= 4 is 15.9 Å². The van der Waals surface area contributed by atoms with Crippen molar-refractivity contribution in [1.29, 1.82) is 0 Å². The van der Waals surface area contributed by atoms with Crippen LogP contribution >= 0.6 is 15.9 Å². The third-order valence-electron chi connectivity index (χ3n) is 3.66. The van der Waals surface area contributed by atoms with Crippen LogP contribution in [-0.4, -0.2) is 28.9 Å². The van der Waals surface area contributed by atoms with Gasteiger partial charge in [0, 0.05) is 24.0 Å². The van der Waals surface area contributed by atoms with Crippen LogP contribution in [0.3, 0.4) is 0 Å². The number of alkyl halides is 1. The van der Waals surface area contributed by atoms with Crippen molar-refractivity contribution in [2.24, 2.45) is 0 Å². The Labute approximate surface area is 104 Å². The SMILES string of the molecule is CCCC(C)N(CCBr)C1CCCCC1. The van der Waals surface area contributed by atoms with E-state index in [2.05, 4.69) is 34.7 Å². The van der Waals surface area contributed by atoms with Gasteiger partial charge in [-0.3, -0.25) is 4.90 Å². The van der Waals surface area contributed by atoms with E-state index in [4.69, 9.17) is 0 Å². The third-order valence-corrected chi connectivity index (χ3v) is 4.01. The molecule has 1 aliphatic rings. The van der Waals surface area contributed by atoms with Crippen molar-refractivity contribution in [1.82, 2.24) is 4.90 Å². The first-order valence-electron chi connectivity index (χ1n) is 6.61. The summed E-state index contributed by atoms with van der Waals surface area (Å²) in [5.41, 5.74) is 0. The highest BCUT2D eigenvalue weighted by Crippen LogP contribution is 2.25. The molecule has 1 nitrogen and oxygen atoms in total. The Balaban J connectivity index is 2.46. The Hall–Kier alpha value is 0.440. The Bertz CT molecular complexity index is 155. The van der Waals surface area contributed by atoms with E-state index in [1.807, 2.05) is 0 Å². The van der Waals surface area contributed by atoms with Gasteiger partial charge in [0.25, 0.3) is 0 Å². The molecule has 1 rings (SSSR count). The molecule has 0 aromatic heterocycles. The van der Waals surface area contributed by atoms with E-state index in [0.29, 0.717) is 0 Å².